The van der Waals surface area contributed by atoms with Gasteiger partial charge >= 0.3 is 0 Å². The zero-order chi connectivity index (χ0) is 13.8. The zero-order valence-electron chi connectivity index (χ0n) is 9.81. The Morgan fingerprint density at radius 2 is 2.21 bits per heavy atom. The van der Waals surface area contributed by atoms with Gasteiger partial charge in [-0.15, -0.1) is 11.6 Å². The molecule has 0 unspecified atom stereocenters. The lowest BCUT2D eigenvalue weighted by Gasteiger charge is -2.01. The third kappa shape index (κ3) is 3.05. The van der Waals surface area contributed by atoms with Crippen LogP contribution >= 0.6 is 23.2 Å². The smallest absolute Gasteiger partial charge is 0.281 e. The Balaban J connectivity index is 2.41. The van der Waals surface area contributed by atoms with Gasteiger partial charge in [0.2, 0.25) is 0 Å². The van der Waals surface area contributed by atoms with Gasteiger partial charge in [0.05, 0.1) is 16.1 Å². The molecule has 0 N–H and O–H groups in total. The van der Waals surface area contributed by atoms with Crippen LogP contribution in [0.3, 0.4) is 0 Å². The number of halogens is 2. The molecule has 1 aromatic carbocycles. The number of alkyl halides is 1. The lowest BCUT2D eigenvalue weighted by Crippen LogP contribution is -1.91. The predicted molar refractivity (Wildman–Crippen MR) is 72.6 cm³/mol. The minimum absolute atomic E-state index is 0.104. The number of aromatic nitrogens is 1. The molecule has 0 saturated carbocycles. The minimum atomic E-state index is -0.498. The largest absolute Gasteiger partial charge is 0.440 e. The van der Waals surface area contributed by atoms with E-state index in [1.54, 1.807) is 6.07 Å². The topological polar surface area (TPSA) is 69.2 Å². The Hall–Kier alpha value is -1.59. The molecule has 0 atom stereocenters. The molecule has 0 bridgehead atoms. The minimum Gasteiger partial charge on any atom is -0.440 e. The number of oxazole rings is 1. The van der Waals surface area contributed by atoms with Gasteiger partial charge in [-0.25, -0.2) is 4.98 Å². The lowest BCUT2D eigenvalue weighted by atomic mass is 10.1. The fourth-order valence-corrected chi connectivity index (χ4v) is 2.06. The molecule has 2 rings (SSSR count). The van der Waals surface area contributed by atoms with Crippen molar-refractivity contribution in [2.75, 3.05) is 5.88 Å². The van der Waals surface area contributed by atoms with Gasteiger partial charge in [-0.2, -0.15) is 0 Å². The summed E-state index contributed by atoms with van der Waals surface area (Å²) >= 11 is 11.6. The van der Waals surface area contributed by atoms with Crippen LogP contribution in [0.2, 0.25) is 5.02 Å². The number of nitrogens with zero attached hydrogens (tertiary/aromatic N) is 2. The van der Waals surface area contributed by atoms with E-state index in [0.29, 0.717) is 24.0 Å². The first kappa shape index (κ1) is 13.8. The van der Waals surface area contributed by atoms with Gasteiger partial charge < -0.3 is 4.42 Å². The van der Waals surface area contributed by atoms with Gasteiger partial charge in [0, 0.05) is 18.4 Å². The highest BCUT2D eigenvalue weighted by molar-refractivity contribution is 6.33. The van der Waals surface area contributed by atoms with E-state index < -0.39 is 4.92 Å². The maximum Gasteiger partial charge on any atom is 0.281 e. The zero-order valence-corrected chi connectivity index (χ0v) is 11.3. The molecule has 0 radical (unpaired) electrons. The average Bonchev–Trinajstić information content (AvgIpc) is 2.84. The average molecular weight is 301 g/mol. The summed E-state index contributed by atoms with van der Waals surface area (Å²) in [5.41, 5.74) is 0.145. The van der Waals surface area contributed by atoms with Gasteiger partial charge in [0.25, 0.3) is 5.69 Å². The third-order valence-corrected chi connectivity index (χ3v) is 3.09. The summed E-state index contributed by atoms with van der Waals surface area (Å²) in [6.07, 6.45) is 2.76. The Morgan fingerprint density at radius 3 is 2.89 bits per heavy atom. The molecule has 2 aromatic rings. The van der Waals surface area contributed by atoms with Gasteiger partial charge in [0.15, 0.2) is 11.7 Å². The Labute approximate surface area is 119 Å². The van der Waals surface area contributed by atoms with Crippen molar-refractivity contribution >= 4 is 28.9 Å². The van der Waals surface area contributed by atoms with E-state index in [4.69, 9.17) is 27.6 Å². The Morgan fingerprint density at radius 1 is 1.42 bits per heavy atom. The van der Waals surface area contributed by atoms with Crippen LogP contribution in [-0.2, 0) is 6.42 Å². The molecule has 0 aliphatic heterocycles. The van der Waals surface area contributed by atoms with Crippen molar-refractivity contribution in [2.45, 2.75) is 12.8 Å². The van der Waals surface area contributed by atoms with E-state index in [9.17, 15) is 10.1 Å². The molecule has 1 aromatic heterocycles. The van der Waals surface area contributed by atoms with Crippen LogP contribution in [-0.4, -0.2) is 15.8 Å². The van der Waals surface area contributed by atoms with Crippen LogP contribution in [0.4, 0.5) is 5.69 Å². The monoisotopic (exact) mass is 300 g/mol. The van der Waals surface area contributed by atoms with Crippen molar-refractivity contribution in [3.05, 3.63) is 45.4 Å². The Kier molecular flexibility index (Phi) is 4.39. The standard InChI is InChI=1S/C12H10Cl2N2O3/c13-6-2-5-11-15-7-10(19-11)12-8(14)3-1-4-9(12)16(17)18/h1,3-4,7H,2,5-6H2. The first-order chi connectivity index (χ1) is 9.13. The quantitative estimate of drug-likeness (QED) is 0.474. The number of hydrogen-bond donors (Lipinski definition) is 0. The van der Waals surface area contributed by atoms with E-state index in [1.807, 2.05) is 0 Å². The summed E-state index contributed by atoms with van der Waals surface area (Å²) in [6.45, 7) is 0. The molecule has 5 nitrogen and oxygen atoms in total. The van der Waals surface area contributed by atoms with E-state index in [0.717, 1.165) is 6.42 Å². The number of nitro groups is 1. The maximum absolute atomic E-state index is 11.0. The van der Waals surface area contributed by atoms with Crippen LogP contribution in [0.1, 0.15) is 12.3 Å². The second-order valence-electron chi connectivity index (χ2n) is 3.80. The van der Waals surface area contributed by atoms with Crippen molar-refractivity contribution in [3.8, 4) is 11.3 Å². The van der Waals surface area contributed by atoms with Crippen molar-refractivity contribution in [2.24, 2.45) is 0 Å². The summed E-state index contributed by atoms with van der Waals surface area (Å²) in [5.74, 6) is 1.29. The fourth-order valence-electron chi connectivity index (χ4n) is 1.67. The number of benzene rings is 1. The molecule has 100 valence electrons. The van der Waals surface area contributed by atoms with E-state index in [-0.39, 0.29) is 16.3 Å². The fraction of sp³-hybridized carbons (Fsp3) is 0.250. The molecule has 0 aliphatic carbocycles. The van der Waals surface area contributed by atoms with Crippen LogP contribution in [0.25, 0.3) is 11.3 Å². The van der Waals surface area contributed by atoms with Gasteiger partial charge in [-0.3, -0.25) is 10.1 Å². The van der Waals surface area contributed by atoms with Crippen LogP contribution in [0.5, 0.6) is 0 Å². The number of aryl methyl sites for hydroxylation is 1. The molecule has 1 heterocycles. The molecule has 19 heavy (non-hydrogen) atoms. The first-order valence-corrected chi connectivity index (χ1v) is 6.48. The predicted octanol–water partition coefficient (Wildman–Crippen LogP) is 4.07. The van der Waals surface area contributed by atoms with E-state index >= 15 is 0 Å². The SMILES string of the molecule is O=[N+]([O-])c1cccc(Cl)c1-c1cnc(CCCCl)o1. The molecular formula is C12H10Cl2N2O3. The number of hydrogen-bond acceptors (Lipinski definition) is 4. The maximum atomic E-state index is 11.0. The van der Waals surface area contributed by atoms with Gasteiger partial charge in [-0.1, -0.05) is 17.7 Å². The summed E-state index contributed by atoms with van der Waals surface area (Å²) in [5, 5.41) is 11.3. The molecular weight excluding hydrogens is 291 g/mol. The highest BCUT2D eigenvalue weighted by atomic mass is 35.5. The summed E-state index contributed by atoms with van der Waals surface area (Å²) in [4.78, 5) is 14.6. The van der Waals surface area contributed by atoms with Crippen molar-refractivity contribution in [1.82, 2.24) is 4.98 Å². The second kappa shape index (κ2) is 6.04. The van der Waals surface area contributed by atoms with Gasteiger partial charge in [0.1, 0.15) is 5.56 Å². The molecule has 0 saturated heterocycles. The highest BCUT2D eigenvalue weighted by Gasteiger charge is 2.21. The van der Waals surface area contributed by atoms with Crippen LogP contribution in [0, 0.1) is 10.1 Å². The van der Waals surface area contributed by atoms with Crippen molar-refractivity contribution in [1.29, 1.82) is 0 Å². The third-order valence-electron chi connectivity index (χ3n) is 2.51. The molecule has 0 amide bonds. The van der Waals surface area contributed by atoms with Crippen molar-refractivity contribution < 1.29 is 9.34 Å². The van der Waals surface area contributed by atoms with Gasteiger partial charge in [-0.05, 0) is 12.5 Å². The Bertz CT molecular complexity index is 598. The molecule has 7 heteroatoms. The summed E-state index contributed by atoms with van der Waals surface area (Å²) in [6, 6.07) is 4.47. The van der Waals surface area contributed by atoms with Crippen LogP contribution < -0.4 is 0 Å². The van der Waals surface area contributed by atoms with Crippen molar-refractivity contribution in [3.63, 3.8) is 0 Å². The molecule has 0 fully saturated rings. The second-order valence-corrected chi connectivity index (χ2v) is 4.59. The highest BCUT2D eigenvalue weighted by Crippen LogP contribution is 2.36. The summed E-state index contributed by atoms with van der Waals surface area (Å²) < 4.78 is 5.48. The van der Waals surface area contributed by atoms with E-state index in [2.05, 4.69) is 4.98 Å². The number of nitro benzene ring substituents is 1. The first-order valence-electron chi connectivity index (χ1n) is 5.57. The molecule has 0 aliphatic rings. The molecule has 0 spiro atoms. The van der Waals surface area contributed by atoms with E-state index in [1.165, 1.54) is 18.3 Å². The number of rotatable bonds is 5. The van der Waals surface area contributed by atoms with Crippen LogP contribution in [0.15, 0.2) is 28.8 Å². The lowest BCUT2D eigenvalue weighted by molar-refractivity contribution is -0.384. The normalized spacial score (nSPS) is 10.6. The summed E-state index contributed by atoms with van der Waals surface area (Å²) in [7, 11) is 0.